The van der Waals surface area contributed by atoms with E-state index in [0.717, 1.165) is 29.0 Å². The van der Waals surface area contributed by atoms with E-state index >= 15 is 0 Å². The number of anilines is 1. The van der Waals surface area contributed by atoms with Gasteiger partial charge in [-0.25, -0.2) is 0 Å². The zero-order valence-electron chi connectivity index (χ0n) is 15.4. The maximum absolute atomic E-state index is 7.50. The SMILES string of the molecule is Cc1cc(C2[CH][CH][CH][CH]C2)c(N)c2c1OC(C)(C)C=C2.[C-]#[O+].[C-]#[O+].[C-]#[O+].[Fe]. The third-order valence-electron chi connectivity index (χ3n) is 3.97. The van der Waals surface area contributed by atoms with Gasteiger partial charge in [-0.05, 0) is 82.1 Å². The topological polar surface area (TPSA) is 94.9 Å². The fourth-order valence-electron chi connectivity index (χ4n) is 2.87. The summed E-state index contributed by atoms with van der Waals surface area (Å²) in [5.41, 5.74) is 10.4. The van der Waals surface area contributed by atoms with Gasteiger partial charge in [-0.15, -0.1) is 0 Å². The van der Waals surface area contributed by atoms with E-state index in [9.17, 15) is 0 Å². The minimum Gasteiger partial charge on any atom is 0 e. The van der Waals surface area contributed by atoms with Gasteiger partial charge in [0.05, 0.1) is 0 Å². The molecule has 142 valence electrons. The van der Waals surface area contributed by atoms with Crippen LogP contribution in [0.4, 0.5) is 5.69 Å². The van der Waals surface area contributed by atoms with E-state index in [1.54, 1.807) is 0 Å². The van der Waals surface area contributed by atoms with Gasteiger partial charge >= 0.3 is 33.9 Å². The van der Waals surface area contributed by atoms with E-state index in [-0.39, 0.29) is 22.7 Å². The van der Waals surface area contributed by atoms with Crippen LogP contribution in [0, 0.1) is 52.6 Å². The van der Waals surface area contributed by atoms with E-state index in [0.29, 0.717) is 5.92 Å². The molecule has 1 aromatic carbocycles. The van der Waals surface area contributed by atoms with Crippen molar-refractivity contribution < 1.29 is 35.8 Å². The minimum absolute atomic E-state index is 0. The van der Waals surface area contributed by atoms with Gasteiger partial charge in [-0.1, -0.05) is 6.07 Å². The van der Waals surface area contributed by atoms with Crippen LogP contribution in [-0.2, 0) is 31.0 Å². The van der Waals surface area contributed by atoms with Crippen LogP contribution in [0.2, 0.25) is 0 Å². The molecule has 1 heterocycles. The van der Waals surface area contributed by atoms with Crippen molar-refractivity contribution >= 4 is 11.8 Å². The summed E-state index contributed by atoms with van der Waals surface area (Å²) in [6.45, 7) is 19.7. The van der Waals surface area contributed by atoms with Crippen LogP contribution in [0.1, 0.15) is 42.9 Å². The quantitative estimate of drug-likeness (QED) is 0.330. The van der Waals surface area contributed by atoms with Gasteiger partial charge in [0.25, 0.3) is 0 Å². The van der Waals surface area contributed by atoms with Gasteiger partial charge in [0, 0.05) is 28.3 Å². The van der Waals surface area contributed by atoms with Crippen molar-refractivity contribution in [1.82, 2.24) is 0 Å². The van der Waals surface area contributed by atoms with Gasteiger partial charge < -0.3 is 10.5 Å². The van der Waals surface area contributed by atoms with Crippen molar-refractivity contribution in [3.8, 4) is 5.75 Å². The number of ether oxygens (including phenoxy) is 1. The zero-order chi connectivity index (χ0) is 20.3. The number of nitrogen functional groups attached to an aromatic ring is 1. The molecule has 1 unspecified atom stereocenters. The molecule has 0 bridgehead atoms. The number of rotatable bonds is 1. The van der Waals surface area contributed by atoms with Crippen molar-refractivity contribution in [3.05, 3.63) is 74.5 Å². The van der Waals surface area contributed by atoms with Crippen molar-refractivity contribution in [3.63, 3.8) is 0 Å². The molecule has 1 aliphatic heterocycles. The molecule has 4 radical (unpaired) electrons. The predicted molar refractivity (Wildman–Crippen MR) is 95.7 cm³/mol. The third-order valence-corrected chi connectivity index (χ3v) is 3.97. The van der Waals surface area contributed by atoms with Gasteiger partial charge in [-0.3, -0.25) is 0 Å². The van der Waals surface area contributed by atoms with Gasteiger partial charge in [-0.2, -0.15) is 0 Å². The fraction of sp³-hybridized carbons (Fsp3) is 0.286. The maximum atomic E-state index is 7.50. The van der Waals surface area contributed by atoms with Crippen molar-refractivity contribution in [2.45, 2.75) is 38.7 Å². The standard InChI is InChI=1S/C18H21NO.3CO.Fe/c1-12-11-15(13-7-5-4-6-8-13)16(19)14-9-10-18(2,3)20-17(12)14;3*1-2;/h4-7,9-11,13H,8,19H2,1-3H3;;;;. The third kappa shape index (κ3) is 7.08. The fourth-order valence-corrected chi connectivity index (χ4v) is 2.87. The number of hydrogen-bond donors (Lipinski definition) is 1. The molecule has 2 N–H and O–H groups in total. The van der Waals surface area contributed by atoms with Crippen molar-refractivity contribution in [2.75, 3.05) is 5.73 Å². The molecule has 0 aromatic heterocycles. The summed E-state index contributed by atoms with van der Waals surface area (Å²) in [5.74, 6) is 1.29. The molecule has 2 aliphatic rings. The summed E-state index contributed by atoms with van der Waals surface area (Å²) >= 11 is 0. The average Bonchev–Trinajstić information content (AvgIpc) is 2.69. The summed E-state index contributed by atoms with van der Waals surface area (Å²) in [5, 5.41) is 0. The molecular formula is C21H21FeNO4. The largest absolute Gasteiger partial charge is 0 e. The molecule has 1 saturated carbocycles. The van der Waals surface area contributed by atoms with Crippen LogP contribution in [0.5, 0.6) is 5.75 Å². The number of hydrogen-bond acceptors (Lipinski definition) is 2. The van der Waals surface area contributed by atoms with Gasteiger partial charge in [0.2, 0.25) is 0 Å². The molecule has 1 aromatic rings. The Morgan fingerprint density at radius 3 is 2.22 bits per heavy atom. The Kier molecular flexibility index (Phi) is 13.7. The number of fused-ring (bicyclic) bond motifs is 1. The molecule has 1 fully saturated rings. The summed E-state index contributed by atoms with van der Waals surface area (Å²) in [6.07, 6.45) is 13.8. The average molecular weight is 407 g/mol. The van der Waals surface area contributed by atoms with E-state index in [4.69, 9.17) is 24.4 Å². The van der Waals surface area contributed by atoms with Crippen molar-refractivity contribution in [1.29, 1.82) is 0 Å². The van der Waals surface area contributed by atoms with Crippen molar-refractivity contribution in [2.24, 2.45) is 0 Å². The molecule has 1 aliphatic carbocycles. The molecular weight excluding hydrogens is 386 g/mol. The molecule has 0 spiro atoms. The first kappa shape index (κ1) is 27.5. The second-order valence-electron chi connectivity index (χ2n) is 6.13. The smallest absolute Gasteiger partial charge is 0 e. The van der Waals surface area contributed by atoms with Crippen LogP contribution in [0.3, 0.4) is 0 Å². The van der Waals surface area contributed by atoms with E-state index < -0.39 is 0 Å². The molecule has 0 amide bonds. The first-order valence-electron chi connectivity index (χ1n) is 7.74. The Labute approximate surface area is 172 Å². The number of aryl methyl sites for hydroxylation is 1. The second kappa shape index (κ2) is 13.5. The number of nitrogens with two attached hydrogens (primary N) is 1. The van der Waals surface area contributed by atoms with Gasteiger partial charge in [0.1, 0.15) is 11.4 Å². The van der Waals surface area contributed by atoms with Crippen LogP contribution in [0.15, 0.2) is 12.1 Å². The molecule has 3 rings (SSSR count). The van der Waals surface area contributed by atoms with E-state index in [2.05, 4.69) is 84.6 Å². The maximum Gasteiger partial charge on any atom is 0 e. The Hall–Kier alpha value is -1.70. The first-order valence-corrected chi connectivity index (χ1v) is 7.74. The van der Waals surface area contributed by atoms with Gasteiger partial charge in [0.15, 0.2) is 0 Å². The van der Waals surface area contributed by atoms with Crippen LogP contribution < -0.4 is 10.5 Å². The van der Waals surface area contributed by atoms with E-state index in [1.807, 2.05) is 0 Å². The normalized spacial score (nSPS) is 16.0. The summed E-state index contributed by atoms with van der Waals surface area (Å²) < 4.78 is 28.6. The monoisotopic (exact) mass is 407 g/mol. The zero-order valence-corrected chi connectivity index (χ0v) is 16.5. The summed E-state index contributed by atoms with van der Waals surface area (Å²) in [6, 6.07) is 2.18. The molecule has 6 heteroatoms. The predicted octanol–water partition coefficient (Wildman–Crippen LogP) is 3.95. The molecule has 0 saturated heterocycles. The molecule has 5 nitrogen and oxygen atoms in total. The van der Waals surface area contributed by atoms with Crippen LogP contribution >= 0.6 is 0 Å². The molecule has 1 atom stereocenters. The Balaban J connectivity index is 0. The second-order valence-corrected chi connectivity index (χ2v) is 6.13. The van der Waals surface area contributed by atoms with Crippen LogP contribution in [0.25, 0.3) is 6.08 Å². The molecule has 27 heavy (non-hydrogen) atoms. The Morgan fingerprint density at radius 2 is 1.70 bits per heavy atom. The minimum atomic E-state index is -0.265. The Morgan fingerprint density at radius 1 is 1.11 bits per heavy atom. The summed E-state index contributed by atoms with van der Waals surface area (Å²) in [7, 11) is 0. The first-order chi connectivity index (χ1) is 12.5. The Bertz CT molecular complexity index is 669. The van der Waals surface area contributed by atoms with Crippen LogP contribution in [-0.4, -0.2) is 5.60 Å². The van der Waals surface area contributed by atoms with E-state index in [1.165, 1.54) is 5.56 Å². The summed E-state index contributed by atoms with van der Waals surface area (Å²) in [4.78, 5) is 0. The number of benzene rings is 1.